The normalized spacial score (nSPS) is 14.7. The molecule has 2 aromatic rings. The lowest BCUT2D eigenvalue weighted by atomic mass is 10.1. The van der Waals surface area contributed by atoms with Crippen molar-refractivity contribution in [3.8, 4) is 0 Å². The van der Waals surface area contributed by atoms with Gasteiger partial charge in [-0.05, 0) is 43.1 Å². The maximum Gasteiger partial charge on any atom is 0.341 e. The molecule has 6 nitrogen and oxygen atoms in total. The Labute approximate surface area is 148 Å². The van der Waals surface area contributed by atoms with E-state index in [0.29, 0.717) is 19.7 Å². The summed E-state index contributed by atoms with van der Waals surface area (Å²) in [6.45, 7) is 3.28. The van der Waals surface area contributed by atoms with Crippen molar-refractivity contribution in [1.82, 2.24) is 15.3 Å². The molecule has 6 heteroatoms. The molecule has 1 aliphatic rings. The second-order valence-electron chi connectivity index (χ2n) is 6.32. The number of furan rings is 1. The highest BCUT2D eigenvalue weighted by atomic mass is 16.7. The van der Waals surface area contributed by atoms with Gasteiger partial charge < -0.3 is 9.73 Å². The molecule has 0 aliphatic carbocycles. The topological polar surface area (TPSA) is 58.0 Å². The van der Waals surface area contributed by atoms with Gasteiger partial charge in [0, 0.05) is 13.1 Å². The monoisotopic (exact) mass is 343 g/mol. The first kappa shape index (κ1) is 17.5. The van der Waals surface area contributed by atoms with Gasteiger partial charge >= 0.3 is 6.03 Å². The summed E-state index contributed by atoms with van der Waals surface area (Å²) >= 11 is 0. The molecule has 0 atom stereocenters. The van der Waals surface area contributed by atoms with E-state index < -0.39 is 0 Å². The van der Waals surface area contributed by atoms with Crippen LogP contribution >= 0.6 is 0 Å². The summed E-state index contributed by atoms with van der Waals surface area (Å²) in [5.74, 6) is 0.940. The fourth-order valence-electron chi connectivity index (χ4n) is 2.92. The summed E-state index contributed by atoms with van der Waals surface area (Å²) < 4.78 is 5.40. The zero-order valence-electron chi connectivity index (χ0n) is 14.6. The number of hydroxylamine groups is 2. The second-order valence-corrected chi connectivity index (χ2v) is 6.32. The van der Waals surface area contributed by atoms with Crippen LogP contribution in [0.3, 0.4) is 0 Å². The molecule has 1 aromatic carbocycles. The molecule has 25 heavy (non-hydrogen) atoms. The van der Waals surface area contributed by atoms with Gasteiger partial charge in [-0.1, -0.05) is 24.3 Å². The van der Waals surface area contributed by atoms with Crippen LogP contribution in [0.15, 0.2) is 47.1 Å². The zero-order chi connectivity index (χ0) is 17.5. The second kappa shape index (κ2) is 8.69. The molecule has 0 radical (unpaired) electrons. The highest BCUT2D eigenvalue weighted by Crippen LogP contribution is 2.14. The van der Waals surface area contributed by atoms with Crippen molar-refractivity contribution in [2.24, 2.45) is 0 Å². The average molecular weight is 343 g/mol. The van der Waals surface area contributed by atoms with E-state index >= 15 is 0 Å². The fraction of sp³-hybridized carbons (Fsp3) is 0.421. The number of benzene rings is 1. The number of rotatable bonds is 6. The lowest BCUT2D eigenvalue weighted by Gasteiger charge is -2.26. The molecular weight excluding hydrogens is 318 g/mol. The van der Waals surface area contributed by atoms with Gasteiger partial charge in [0.2, 0.25) is 0 Å². The molecule has 1 fully saturated rings. The Bertz CT molecular complexity index is 666. The number of carbonyl (C=O) groups excluding carboxylic acids is 1. The van der Waals surface area contributed by atoms with Crippen LogP contribution in [0.25, 0.3) is 0 Å². The summed E-state index contributed by atoms with van der Waals surface area (Å²) in [5.41, 5.74) is 2.30. The molecule has 0 spiro atoms. The van der Waals surface area contributed by atoms with Gasteiger partial charge in [-0.15, -0.1) is 0 Å². The molecular formula is C19H25N3O3. The van der Waals surface area contributed by atoms with Gasteiger partial charge in [-0.2, -0.15) is 0 Å². The molecule has 0 bridgehead atoms. The van der Waals surface area contributed by atoms with Crippen molar-refractivity contribution in [1.29, 1.82) is 0 Å². The Balaban J connectivity index is 1.55. The Morgan fingerprint density at radius 1 is 1.16 bits per heavy atom. The largest absolute Gasteiger partial charge is 0.468 e. The molecule has 1 saturated heterocycles. The predicted octanol–water partition coefficient (Wildman–Crippen LogP) is 3.15. The Kier molecular flexibility index (Phi) is 6.09. The first-order chi connectivity index (χ1) is 12.2. The number of urea groups is 1. The van der Waals surface area contributed by atoms with E-state index in [1.807, 2.05) is 30.3 Å². The van der Waals surface area contributed by atoms with Gasteiger partial charge in [0.1, 0.15) is 5.76 Å². The Hall–Kier alpha value is -2.31. The fourth-order valence-corrected chi connectivity index (χ4v) is 2.92. The minimum atomic E-state index is -0.168. The van der Waals surface area contributed by atoms with Crippen LogP contribution < -0.4 is 5.32 Å². The van der Waals surface area contributed by atoms with Crippen LogP contribution in [-0.2, 0) is 24.5 Å². The van der Waals surface area contributed by atoms with Crippen LogP contribution in [-0.4, -0.2) is 36.2 Å². The summed E-state index contributed by atoms with van der Waals surface area (Å²) in [6.07, 6.45) is 3.69. The van der Waals surface area contributed by atoms with Crippen LogP contribution in [0.1, 0.15) is 29.7 Å². The van der Waals surface area contributed by atoms with Gasteiger partial charge in [-0.25, -0.2) is 9.86 Å². The maximum atomic E-state index is 12.2. The van der Waals surface area contributed by atoms with Crippen molar-refractivity contribution in [2.75, 3.05) is 20.2 Å². The molecule has 2 heterocycles. The zero-order valence-corrected chi connectivity index (χ0v) is 14.6. The van der Waals surface area contributed by atoms with E-state index in [2.05, 4.69) is 23.3 Å². The third-order valence-electron chi connectivity index (χ3n) is 4.22. The van der Waals surface area contributed by atoms with Crippen LogP contribution in [0.4, 0.5) is 4.79 Å². The standard InChI is InChI=1S/C19H25N3O3/c1-21(15-18-9-6-11-24-18)14-17-8-3-2-7-16(17)13-20-19(23)22-10-4-5-12-25-22/h2-3,6-9,11H,4-5,10,12-15H2,1H3,(H,20,23). The number of nitrogens with zero attached hydrogens (tertiary/aromatic N) is 2. The van der Waals surface area contributed by atoms with E-state index in [9.17, 15) is 4.79 Å². The molecule has 134 valence electrons. The lowest BCUT2D eigenvalue weighted by Crippen LogP contribution is -2.42. The smallest absolute Gasteiger partial charge is 0.341 e. The van der Waals surface area contributed by atoms with Crippen molar-refractivity contribution in [3.63, 3.8) is 0 Å². The number of hydrogen-bond donors (Lipinski definition) is 1. The molecule has 1 aromatic heterocycles. The number of nitrogens with one attached hydrogen (secondary N) is 1. The first-order valence-corrected chi connectivity index (χ1v) is 8.68. The van der Waals surface area contributed by atoms with Crippen molar-refractivity contribution in [3.05, 3.63) is 59.5 Å². The minimum Gasteiger partial charge on any atom is -0.468 e. The molecule has 0 unspecified atom stereocenters. The predicted molar refractivity (Wildman–Crippen MR) is 94.4 cm³/mol. The number of hydrogen-bond acceptors (Lipinski definition) is 4. The quantitative estimate of drug-likeness (QED) is 0.875. The van der Waals surface area contributed by atoms with E-state index in [-0.39, 0.29) is 6.03 Å². The van der Waals surface area contributed by atoms with Gasteiger partial charge in [0.05, 0.1) is 26.0 Å². The van der Waals surface area contributed by atoms with Crippen molar-refractivity contribution >= 4 is 6.03 Å². The minimum absolute atomic E-state index is 0.168. The van der Waals surface area contributed by atoms with E-state index in [0.717, 1.165) is 37.3 Å². The van der Waals surface area contributed by atoms with Crippen LogP contribution in [0.2, 0.25) is 0 Å². The third kappa shape index (κ3) is 5.08. The maximum absolute atomic E-state index is 12.2. The third-order valence-corrected chi connectivity index (χ3v) is 4.22. The summed E-state index contributed by atoms with van der Waals surface area (Å²) in [6, 6.07) is 11.9. The Morgan fingerprint density at radius 2 is 2.00 bits per heavy atom. The molecule has 3 rings (SSSR count). The SMILES string of the molecule is CN(Cc1ccco1)Cc1ccccc1CNC(=O)N1CCCCO1. The highest BCUT2D eigenvalue weighted by Gasteiger charge is 2.17. The number of carbonyl (C=O) groups is 1. The average Bonchev–Trinajstić information content (AvgIpc) is 3.14. The highest BCUT2D eigenvalue weighted by molar-refractivity contribution is 5.73. The Morgan fingerprint density at radius 3 is 2.72 bits per heavy atom. The van der Waals surface area contributed by atoms with E-state index in [1.165, 1.54) is 10.6 Å². The summed E-state index contributed by atoms with van der Waals surface area (Å²) in [7, 11) is 2.06. The molecule has 1 N–H and O–H groups in total. The van der Waals surface area contributed by atoms with E-state index in [4.69, 9.17) is 9.25 Å². The van der Waals surface area contributed by atoms with Gasteiger partial charge in [0.25, 0.3) is 0 Å². The van der Waals surface area contributed by atoms with Crippen LogP contribution in [0.5, 0.6) is 0 Å². The molecule has 0 saturated carbocycles. The lowest BCUT2D eigenvalue weighted by molar-refractivity contribution is -0.139. The van der Waals surface area contributed by atoms with Gasteiger partial charge in [-0.3, -0.25) is 9.74 Å². The van der Waals surface area contributed by atoms with Gasteiger partial charge in [0.15, 0.2) is 0 Å². The molecule has 1 aliphatic heterocycles. The number of amides is 2. The van der Waals surface area contributed by atoms with E-state index in [1.54, 1.807) is 6.26 Å². The van der Waals surface area contributed by atoms with Crippen LogP contribution in [0, 0.1) is 0 Å². The van der Waals surface area contributed by atoms with Crippen molar-refractivity contribution < 1.29 is 14.0 Å². The van der Waals surface area contributed by atoms with Crippen molar-refractivity contribution in [2.45, 2.75) is 32.5 Å². The molecule has 2 amide bonds. The summed E-state index contributed by atoms with van der Waals surface area (Å²) in [5, 5.41) is 4.38. The first-order valence-electron chi connectivity index (χ1n) is 8.68. The summed E-state index contributed by atoms with van der Waals surface area (Å²) in [4.78, 5) is 19.8.